The fraction of sp³-hybridized carbons (Fsp3) is 0.417. The van der Waals surface area contributed by atoms with Crippen LogP contribution >= 0.6 is 15.9 Å². The lowest BCUT2D eigenvalue weighted by atomic mass is 10.2. The highest BCUT2D eigenvalue weighted by atomic mass is 79.9. The Balaban J connectivity index is 2.43. The van der Waals surface area contributed by atoms with Gasteiger partial charge in [-0.15, -0.1) is 0 Å². The molecule has 0 aliphatic carbocycles. The SMILES string of the molecule is CCNC(=O)CCNc1cccc(Br)c1C. The lowest BCUT2D eigenvalue weighted by molar-refractivity contribution is -0.120. The summed E-state index contributed by atoms with van der Waals surface area (Å²) in [7, 11) is 0. The average molecular weight is 285 g/mol. The monoisotopic (exact) mass is 284 g/mol. The Kier molecular flexibility index (Phi) is 5.32. The summed E-state index contributed by atoms with van der Waals surface area (Å²) in [5.74, 6) is 0.0858. The molecule has 0 saturated carbocycles. The topological polar surface area (TPSA) is 41.1 Å². The van der Waals surface area contributed by atoms with E-state index in [9.17, 15) is 4.79 Å². The Morgan fingerprint density at radius 1 is 1.44 bits per heavy atom. The van der Waals surface area contributed by atoms with Gasteiger partial charge in [0.15, 0.2) is 0 Å². The molecule has 3 nitrogen and oxygen atoms in total. The third kappa shape index (κ3) is 3.85. The minimum absolute atomic E-state index is 0.0858. The van der Waals surface area contributed by atoms with E-state index in [1.165, 1.54) is 5.56 Å². The summed E-state index contributed by atoms with van der Waals surface area (Å²) in [5.41, 5.74) is 2.23. The van der Waals surface area contributed by atoms with Crippen LogP contribution < -0.4 is 10.6 Å². The summed E-state index contributed by atoms with van der Waals surface area (Å²) in [4.78, 5) is 11.2. The van der Waals surface area contributed by atoms with Crippen LogP contribution in [0.25, 0.3) is 0 Å². The maximum Gasteiger partial charge on any atom is 0.221 e. The lowest BCUT2D eigenvalue weighted by Crippen LogP contribution is -2.24. The molecule has 1 rings (SSSR count). The third-order valence-electron chi connectivity index (χ3n) is 2.31. The van der Waals surface area contributed by atoms with Gasteiger partial charge in [0.25, 0.3) is 0 Å². The molecule has 0 unspecified atom stereocenters. The van der Waals surface area contributed by atoms with Gasteiger partial charge in [-0.3, -0.25) is 4.79 Å². The van der Waals surface area contributed by atoms with Crippen LogP contribution in [0.5, 0.6) is 0 Å². The Morgan fingerprint density at radius 3 is 2.88 bits per heavy atom. The molecule has 16 heavy (non-hydrogen) atoms. The van der Waals surface area contributed by atoms with E-state index < -0.39 is 0 Å². The first kappa shape index (κ1) is 13.0. The van der Waals surface area contributed by atoms with Crippen molar-refractivity contribution in [1.82, 2.24) is 5.32 Å². The number of rotatable bonds is 5. The number of anilines is 1. The molecule has 1 aromatic carbocycles. The van der Waals surface area contributed by atoms with Gasteiger partial charge in [-0.2, -0.15) is 0 Å². The molecule has 0 heterocycles. The van der Waals surface area contributed by atoms with E-state index in [0.29, 0.717) is 19.5 Å². The van der Waals surface area contributed by atoms with Gasteiger partial charge < -0.3 is 10.6 Å². The van der Waals surface area contributed by atoms with Crippen molar-refractivity contribution in [1.29, 1.82) is 0 Å². The Labute approximate surface area is 105 Å². The first-order valence-corrected chi connectivity index (χ1v) is 6.20. The van der Waals surface area contributed by atoms with E-state index in [2.05, 4.69) is 26.6 Å². The summed E-state index contributed by atoms with van der Waals surface area (Å²) in [6, 6.07) is 5.99. The Hall–Kier alpha value is -1.03. The fourth-order valence-electron chi connectivity index (χ4n) is 1.40. The maximum atomic E-state index is 11.2. The summed E-state index contributed by atoms with van der Waals surface area (Å²) in [6.07, 6.45) is 0.500. The molecule has 0 fully saturated rings. The normalized spacial score (nSPS) is 9.94. The van der Waals surface area contributed by atoms with Gasteiger partial charge in [0.05, 0.1) is 0 Å². The van der Waals surface area contributed by atoms with E-state index in [1.54, 1.807) is 0 Å². The van der Waals surface area contributed by atoms with Gasteiger partial charge >= 0.3 is 0 Å². The number of carbonyl (C=O) groups excluding carboxylic acids is 1. The number of halogens is 1. The van der Waals surface area contributed by atoms with E-state index >= 15 is 0 Å². The molecule has 0 aliphatic heterocycles. The van der Waals surface area contributed by atoms with Gasteiger partial charge in [-0.25, -0.2) is 0 Å². The summed E-state index contributed by atoms with van der Waals surface area (Å²) in [6.45, 7) is 5.31. The minimum atomic E-state index is 0.0858. The Bertz CT molecular complexity index is 366. The number of nitrogens with one attached hydrogen (secondary N) is 2. The molecule has 1 aromatic rings. The Morgan fingerprint density at radius 2 is 2.19 bits per heavy atom. The summed E-state index contributed by atoms with van der Waals surface area (Å²) >= 11 is 3.47. The second kappa shape index (κ2) is 6.53. The molecule has 0 aromatic heterocycles. The third-order valence-corrected chi connectivity index (χ3v) is 3.17. The van der Waals surface area contributed by atoms with E-state index in [0.717, 1.165) is 10.2 Å². The van der Waals surface area contributed by atoms with Crippen LogP contribution in [0.15, 0.2) is 22.7 Å². The predicted molar refractivity (Wildman–Crippen MR) is 70.7 cm³/mol. The molecule has 1 amide bonds. The second-order valence-electron chi connectivity index (χ2n) is 3.54. The van der Waals surface area contributed by atoms with Crippen LogP contribution in [0.3, 0.4) is 0 Å². The van der Waals surface area contributed by atoms with Crippen LogP contribution in [0.2, 0.25) is 0 Å². The highest BCUT2D eigenvalue weighted by molar-refractivity contribution is 9.10. The molecular weight excluding hydrogens is 268 g/mol. The minimum Gasteiger partial charge on any atom is -0.384 e. The van der Waals surface area contributed by atoms with Crippen LogP contribution in [0.4, 0.5) is 5.69 Å². The highest BCUT2D eigenvalue weighted by Crippen LogP contribution is 2.23. The van der Waals surface area contributed by atoms with Crippen molar-refractivity contribution in [2.45, 2.75) is 20.3 Å². The molecule has 4 heteroatoms. The smallest absolute Gasteiger partial charge is 0.221 e. The average Bonchev–Trinajstić information content (AvgIpc) is 2.25. The quantitative estimate of drug-likeness (QED) is 0.873. The molecule has 0 bridgehead atoms. The van der Waals surface area contributed by atoms with Gasteiger partial charge in [0.1, 0.15) is 0 Å². The van der Waals surface area contributed by atoms with Gasteiger partial charge in [0.2, 0.25) is 5.91 Å². The molecule has 0 spiro atoms. The predicted octanol–water partition coefficient (Wildman–Crippen LogP) is 2.70. The summed E-state index contributed by atoms with van der Waals surface area (Å²) in [5, 5.41) is 6.02. The molecule has 0 atom stereocenters. The van der Waals surface area contributed by atoms with Crippen molar-refractivity contribution in [3.05, 3.63) is 28.2 Å². The molecular formula is C12H17BrN2O. The number of carbonyl (C=O) groups is 1. The van der Waals surface area contributed by atoms with Crippen molar-refractivity contribution in [3.63, 3.8) is 0 Å². The number of amides is 1. The second-order valence-corrected chi connectivity index (χ2v) is 4.40. The zero-order valence-electron chi connectivity index (χ0n) is 9.64. The van der Waals surface area contributed by atoms with E-state index in [4.69, 9.17) is 0 Å². The first-order chi connectivity index (χ1) is 7.65. The van der Waals surface area contributed by atoms with Crippen molar-refractivity contribution >= 4 is 27.5 Å². The van der Waals surface area contributed by atoms with Gasteiger partial charge in [0, 0.05) is 29.7 Å². The fourth-order valence-corrected chi connectivity index (χ4v) is 1.76. The van der Waals surface area contributed by atoms with E-state index in [-0.39, 0.29) is 5.91 Å². The first-order valence-electron chi connectivity index (χ1n) is 5.40. The van der Waals surface area contributed by atoms with Crippen LogP contribution in [0.1, 0.15) is 18.9 Å². The van der Waals surface area contributed by atoms with Gasteiger partial charge in [-0.1, -0.05) is 22.0 Å². The largest absolute Gasteiger partial charge is 0.384 e. The zero-order valence-corrected chi connectivity index (χ0v) is 11.2. The molecule has 0 saturated heterocycles. The van der Waals surface area contributed by atoms with Gasteiger partial charge in [-0.05, 0) is 31.5 Å². The maximum absolute atomic E-state index is 11.2. The number of hydrogen-bond donors (Lipinski definition) is 2. The molecule has 0 aliphatic rings. The molecule has 0 radical (unpaired) electrons. The molecule has 88 valence electrons. The van der Waals surface area contributed by atoms with Crippen LogP contribution in [0, 0.1) is 6.92 Å². The standard InChI is InChI=1S/C12H17BrN2O/c1-3-14-12(16)7-8-15-11-6-4-5-10(13)9(11)2/h4-6,15H,3,7-8H2,1-2H3,(H,14,16). The van der Waals surface area contributed by atoms with Crippen LogP contribution in [-0.2, 0) is 4.79 Å². The van der Waals surface area contributed by atoms with E-state index in [1.807, 2.05) is 32.0 Å². The lowest BCUT2D eigenvalue weighted by Gasteiger charge is -2.10. The van der Waals surface area contributed by atoms with Crippen molar-refractivity contribution in [2.75, 3.05) is 18.4 Å². The summed E-state index contributed by atoms with van der Waals surface area (Å²) < 4.78 is 1.08. The highest BCUT2D eigenvalue weighted by Gasteiger charge is 2.02. The number of benzene rings is 1. The van der Waals surface area contributed by atoms with Crippen molar-refractivity contribution in [2.24, 2.45) is 0 Å². The van der Waals surface area contributed by atoms with Crippen molar-refractivity contribution < 1.29 is 4.79 Å². The van der Waals surface area contributed by atoms with Crippen molar-refractivity contribution in [3.8, 4) is 0 Å². The van der Waals surface area contributed by atoms with Crippen LogP contribution in [-0.4, -0.2) is 19.0 Å². The zero-order chi connectivity index (χ0) is 12.0. The molecule has 2 N–H and O–H groups in total. The number of hydrogen-bond acceptors (Lipinski definition) is 2.